The molecule has 2 heterocycles. The molecule has 2 aromatic rings. The van der Waals surface area contributed by atoms with Crippen molar-refractivity contribution in [3.05, 3.63) is 24.1 Å². The van der Waals surface area contributed by atoms with E-state index in [4.69, 9.17) is 19.7 Å². The number of benzene rings is 1. The van der Waals surface area contributed by atoms with Gasteiger partial charge in [0.25, 0.3) is 0 Å². The molecule has 1 aromatic heterocycles. The van der Waals surface area contributed by atoms with Crippen LogP contribution in [0.1, 0.15) is 32.2 Å². The molecule has 1 aliphatic heterocycles. The highest BCUT2D eigenvalue weighted by Crippen LogP contribution is 2.35. The fourth-order valence-corrected chi connectivity index (χ4v) is 2.02. The standard InChI is InChI=1S/C14H17N3O3/c1-3-8(2)12(15)14-16-13(17-20-14)9-4-5-10-11(6-9)19-7-18-10/h4-6,8,12H,3,7,15H2,1-2H3/t8-,12-/m1/s1. The molecule has 6 heteroatoms. The molecule has 0 saturated carbocycles. The van der Waals surface area contributed by atoms with Gasteiger partial charge in [0, 0.05) is 5.56 Å². The third-order valence-corrected chi connectivity index (χ3v) is 3.61. The minimum absolute atomic E-state index is 0.240. The van der Waals surface area contributed by atoms with Crippen molar-refractivity contribution in [2.24, 2.45) is 11.7 Å². The highest BCUT2D eigenvalue weighted by molar-refractivity contribution is 5.61. The van der Waals surface area contributed by atoms with Gasteiger partial charge in [-0.05, 0) is 24.1 Å². The zero-order chi connectivity index (χ0) is 14.1. The number of nitrogens with two attached hydrogens (primary N) is 1. The van der Waals surface area contributed by atoms with Gasteiger partial charge in [-0.25, -0.2) is 0 Å². The summed E-state index contributed by atoms with van der Waals surface area (Å²) in [4.78, 5) is 4.38. The molecule has 0 unspecified atom stereocenters. The lowest BCUT2D eigenvalue weighted by molar-refractivity contribution is 0.174. The Kier molecular flexibility index (Phi) is 3.31. The topological polar surface area (TPSA) is 83.4 Å². The lowest BCUT2D eigenvalue weighted by atomic mass is 10.0. The Morgan fingerprint density at radius 1 is 1.30 bits per heavy atom. The van der Waals surface area contributed by atoms with Crippen LogP contribution in [-0.4, -0.2) is 16.9 Å². The molecule has 1 aromatic carbocycles. The minimum atomic E-state index is -0.240. The first-order chi connectivity index (χ1) is 9.69. The van der Waals surface area contributed by atoms with E-state index in [0.29, 0.717) is 23.4 Å². The molecule has 0 saturated heterocycles. The van der Waals surface area contributed by atoms with Gasteiger partial charge in [-0.3, -0.25) is 0 Å². The average Bonchev–Trinajstić information content (AvgIpc) is 3.13. The van der Waals surface area contributed by atoms with E-state index in [1.807, 2.05) is 18.2 Å². The lowest BCUT2D eigenvalue weighted by Crippen LogP contribution is -2.18. The Hall–Kier alpha value is -2.08. The third kappa shape index (κ3) is 2.22. The van der Waals surface area contributed by atoms with Crippen LogP contribution in [0.25, 0.3) is 11.4 Å². The van der Waals surface area contributed by atoms with Gasteiger partial charge in [-0.1, -0.05) is 25.4 Å². The van der Waals surface area contributed by atoms with E-state index in [1.54, 1.807) is 0 Å². The van der Waals surface area contributed by atoms with E-state index >= 15 is 0 Å². The molecule has 0 spiro atoms. The summed E-state index contributed by atoms with van der Waals surface area (Å²) in [5, 5.41) is 3.99. The van der Waals surface area contributed by atoms with E-state index in [0.717, 1.165) is 17.7 Å². The maximum atomic E-state index is 6.09. The summed E-state index contributed by atoms with van der Waals surface area (Å²) in [5.74, 6) is 2.69. The van der Waals surface area contributed by atoms with Crippen LogP contribution in [0, 0.1) is 5.92 Å². The number of rotatable bonds is 4. The summed E-state index contributed by atoms with van der Waals surface area (Å²) in [6, 6.07) is 5.31. The summed E-state index contributed by atoms with van der Waals surface area (Å²) in [7, 11) is 0. The maximum Gasteiger partial charge on any atom is 0.244 e. The molecule has 0 amide bonds. The SMILES string of the molecule is CC[C@@H](C)[C@@H](N)c1nc(-c2ccc3c(c2)OCO3)no1. The zero-order valence-corrected chi connectivity index (χ0v) is 11.5. The second kappa shape index (κ2) is 5.13. The van der Waals surface area contributed by atoms with E-state index in [2.05, 4.69) is 24.0 Å². The van der Waals surface area contributed by atoms with Gasteiger partial charge in [-0.2, -0.15) is 4.98 Å². The van der Waals surface area contributed by atoms with Crippen molar-refractivity contribution in [1.29, 1.82) is 0 Å². The van der Waals surface area contributed by atoms with Crippen LogP contribution in [0.4, 0.5) is 0 Å². The monoisotopic (exact) mass is 275 g/mol. The number of hydrogen-bond acceptors (Lipinski definition) is 6. The minimum Gasteiger partial charge on any atom is -0.454 e. The van der Waals surface area contributed by atoms with E-state index in [9.17, 15) is 0 Å². The van der Waals surface area contributed by atoms with Crippen LogP contribution in [0.3, 0.4) is 0 Å². The van der Waals surface area contributed by atoms with Gasteiger partial charge in [-0.15, -0.1) is 0 Å². The van der Waals surface area contributed by atoms with Crippen LogP contribution in [0.2, 0.25) is 0 Å². The first-order valence-electron chi connectivity index (χ1n) is 6.68. The van der Waals surface area contributed by atoms with Gasteiger partial charge in [0.1, 0.15) is 0 Å². The molecule has 0 radical (unpaired) electrons. The lowest BCUT2D eigenvalue weighted by Gasteiger charge is -2.12. The Balaban J connectivity index is 1.86. The second-order valence-corrected chi connectivity index (χ2v) is 4.94. The molecule has 0 bridgehead atoms. The van der Waals surface area contributed by atoms with E-state index < -0.39 is 0 Å². The largest absolute Gasteiger partial charge is 0.454 e. The zero-order valence-electron chi connectivity index (χ0n) is 11.5. The molecule has 106 valence electrons. The number of fused-ring (bicyclic) bond motifs is 1. The highest BCUT2D eigenvalue weighted by atomic mass is 16.7. The van der Waals surface area contributed by atoms with Gasteiger partial charge >= 0.3 is 0 Å². The first-order valence-corrected chi connectivity index (χ1v) is 6.68. The summed E-state index contributed by atoms with van der Waals surface area (Å²) in [5.41, 5.74) is 6.91. The molecule has 2 N–H and O–H groups in total. The predicted molar refractivity (Wildman–Crippen MR) is 72.2 cm³/mol. The van der Waals surface area contributed by atoms with E-state index in [-0.39, 0.29) is 12.8 Å². The van der Waals surface area contributed by atoms with Gasteiger partial charge in [0.05, 0.1) is 6.04 Å². The smallest absolute Gasteiger partial charge is 0.244 e. The maximum absolute atomic E-state index is 6.09. The second-order valence-electron chi connectivity index (χ2n) is 4.94. The predicted octanol–water partition coefficient (Wildman–Crippen LogP) is 2.51. The van der Waals surface area contributed by atoms with Crippen molar-refractivity contribution in [2.75, 3.05) is 6.79 Å². The molecule has 0 fully saturated rings. The van der Waals surface area contributed by atoms with Crippen LogP contribution in [-0.2, 0) is 0 Å². The van der Waals surface area contributed by atoms with Crippen LogP contribution in [0.5, 0.6) is 11.5 Å². The summed E-state index contributed by atoms with van der Waals surface area (Å²) < 4.78 is 15.9. The number of hydrogen-bond donors (Lipinski definition) is 1. The van der Waals surface area contributed by atoms with Crippen molar-refractivity contribution in [2.45, 2.75) is 26.3 Å². The molecule has 20 heavy (non-hydrogen) atoms. The van der Waals surface area contributed by atoms with Gasteiger partial charge < -0.3 is 19.7 Å². The van der Waals surface area contributed by atoms with Crippen LogP contribution in [0.15, 0.2) is 22.7 Å². The fourth-order valence-electron chi connectivity index (χ4n) is 2.02. The van der Waals surface area contributed by atoms with E-state index in [1.165, 1.54) is 0 Å². The number of nitrogens with zero attached hydrogens (tertiary/aromatic N) is 2. The van der Waals surface area contributed by atoms with Crippen molar-refractivity contribution < 1.29 is 14.0 Å². The Morgan fingerprint density at radius 2 is 2.10 bits per heavy atom. The fraction of sp³-hybridized carbons (Fsp3) is 0.429. The highest BCUT2D eigenvalue weighted by Gasteiger charge is 2.21. The Morgan fingerprint density at radius 3 is 2.90 bits per heavy atom. The molecular weight excluding hydrogens is 258 g/mol. The van der Waals surface area contributed by atoms with Gasteiger partial charge in [0.2, 0.25) is 18.5 Å². The summed E-state index contributed by atoms with van der Waals surface area (Å²) in [6.45, 7) is 4.39. The van der Waals surface area contributed by atoms with Crippen molar-refractivity contribution >= 4 is 0 Å². The summed E-state index contributed by atoms with van der Waals surface area (Å²) >= 11 is 0. The average molecular weight is 275 g/mol. The van der Waals surface area contributed by atoms with Crippen LogP contribution >= 0.6 is 0 Å². The quantitative estimate of drug-likeness (QED) is 0.923. The molecular formula is C14H17N3O3. The molecule has 3 rings (SSSR count). The Bertz CT molecular complexity index is 611. The Labute approximate surface area is 116 Å². The normalized spacial score (nSPS) is 16.1. The van der Waals surface area contributed by atoms with Crippen molar-refractivity contribution in [3.8, 4) is 22.9 Å². The van der Waals surface area contributed by atoms with Crippen molar-refractivity contribution in [3.63, 3.8) is 0 Å². The van der Waals surface area contributed by atoms with Gasteiger partial charge in [0.15, 0.2) is 11.5 Å². The third-order valence-electron chi connectivity index (χ3n) is 3.61. The van der Waals surface area contributed by atoms with Crippen LogP contribution < -0.4 is 15.2 Å². The molecule has 0 aliphatic carbocycles. The first kappa shape index (κ1) is 12.9. The molecule has 1 aliphatic rings. The molecule has 6 nitrogen and oxygen atoms in total. The van der Waals surface area contributed by atoms with Crippen molar-refractivity contribution in [1.82, 2.24) is 10.1 Å². The number of ether oxygens (including phenoxy) is 2. The number of aromatic nitrogens is 2. The molecule has 2 atom stereocenters. The summed E-state index contributed by atoms with van der Waals surface area (Å²) in [6.07, 6.45) is 0.961.